The van der Waals surface area contributed by atoms with Crippen molar-refractivity contribution >= 4 is 0 Å². The van der Waals surface area contributed by atoms with Crippen molar-refractivity contribution in [1.29, 1.82) is 0 Å². The Morgan fingerprint density at radius 2 is 0.622 bits per heavy atom. The molecule has 4 heterocycles. The largest absolute Gasteiger partial charge is 0.392 e. The van der Waals surface area contributed by atoms with Crippen LogP contribution in [0.15, 0.2) is 0 Å². The third kappa shape index (κ3) is 24.4. The number of aliphatic hydroxyl groups is 4. The third-order valence-electron chi connectivity index (χ3n) is 16.2. The summed E-state index contributed by atoms with van der Waals surface area (Å²) in [5.41, 5.74) is -6.08. The van der Waals surface area contributed by atoms with Gasteiger partial charge in [0.25, 0.3) is 0 Å². The predicted octanol–water partition coefficient (Wildman–Crippen LogP) is 6.54. The lowest BCUT2D eigenvalue weighted by Gasteiger charge is -2.43. The van der Waals surface area contributed by atoms with Gasteiger partial charge in [0.2, 0.25) is 0 Å². The van der Waals surface area contributed by atoms with Gasteiger partial charge in [0, 0.05) is 89.4 Å². The lowest BCUT2D eigenvalue weighted by Crippen LogP contribution is -2.51. The fraction of sp³-hybridized carbons (Fsp3) is 1.00. The van der Waals surface area contributed by atoms with Gasteiger partial charge in [0.05, 0.1) is 127 Å². The van der Waals surface area contributed by atoms with Gasteiger partial charge in [-0.25, -0.2) is 0 Å². The molecule has 438 valence electrons. The van der Waals surface area contributed by atoms with E-state index in [1.54, 1.807) is 0 Å². The van der Waals surface area contributed by atoms with Crippen molar-refractivity contribution in [2.45, 2.75) is 264 Å². The summed E-state index contributed by atoms with van der Waals surface area (Å²) in [6.07, 6.45) is 0.627. The van der Waals surface area contributed by atoms with Crippen LogP contribution in [0, 0.1) is 5.41 Å². The molecule has 4 rings (SSSR count). The van der Waals surface area contributed by atoms with Crippen molar-refractivity contribution in [1.82, 2.24) is 19.6 Å². The maximum Gasteiger partial charge on any atom is 0.0951 e. The molecule has 16 heteroatoms. The number of rotatable bonds is 41. The van der Waals surface area contributed by atoms with Crippen LogP contribution in [0.3, 0.4) is 0 Å². The lowest BCUT2D eigenvalue weighted by atomic mass is 9.89. The fourth-order valence-electron chi connectivity index (χ4n) is 9.15. The second-order valence-electron chi connectivity index (χ2n) is 28.5. The van der Waals surface area contributed by atoms with Crippen molar-refractivity contribution in [2.75, 3.05) is 105 Å². The van der Waals surface area contributed by atoms with Gasteiger partial charge < -0.3 is 58.3 Å². The first-order valence-corrected chi connectivity index (χ1v) is 28.5. The molecule has 12 atom stereocenters. The van der Waals surface area contributed by atoms with Gasteiger partial charge in [-0.3, -0.25) is 19.6 Å². The normalized spacial score (nSPS) is 27.4. The van der Waals surface area contributed by atoms with Gasteiger partial charge >= 0.3 is 0 Å². The molecule has 16 nitrogen and oxygen atoms in total. The van der Waals surface area contributed by atoms with Crippen LogP contribution in [0.25, 0.3) is 0 Å². The van der Waals surface area contributed by atoms with Crippen LogP contribution in [-0.4, -0.2) is 239 Å². The quantitative estimate of drug-likeness (QED) is 0.0487. The number of hydrogen-bond donors (Lipinski definition) is 4. The Kier molecular flexibility index (Phi) is 23.4. The number of β-amino-alcohol motifs (C(OH)–C–C–N with tert-alkyl or cyclic N) is 4. The van der Waals surface area contributed by atoms with Crippen LogP contribution in [0.5, 0.6) is 0 Å². The fourth-order valence-corrected chi connectivity index (χ4v) is 9.15. The second-order valence-corrected chi connectivity index (χ2v) is 28.5. The summed E-state index contributed by atoms with van der Waals surface area (Å²) in [5.74, 6) is 0. The van der Waals surface area contributed by atoms with Crippen LogP contribution in [0.4, 0.5) is 0 Å². The highest BCUT2D eigenvalue weighted by atomic mass is 16.6. The molecule has 0 aliphatic carbocycles. The number of aliphatic hydroxyl groups excluding tert-OH is 4. The minimum absolute atomic E-state index is 0.207. The van der Waals surface area contributed by atoms with Gasteiger partial charge in [-0.1, -0.05) is 0 Å². The van der Waals surface area contributed by atoms with Crippen molar-refractivity contribution in [2.24, 2.45) is 5.41 Å². The zero-order valence-corrected chi connectivity index (χ0v) is 50.8. The molecule has 0 spiro atoms. The SMILES string of the molecule is CC1CN1CC(O)CC(C)(C)OCCC(C)(C)OCC(COC(C)(C)CCOC(C)(C)CC(O)CN1CC1C)(COC(C)(C)CCOC(C)(C)C(O)CN1CC1C)COC(C)(C)COC(C)(C)C(O)CN1CC1C. The molecule has 0 bridgehead atoms. The zero-order valence-electron chi connectivity index (χ0n) is 50.8. The summed E-state index contributed by atoms with van der Waals surface area (Å²) in [7, 11) is 0. The summed E-state index contributed by atoms with van der Waals surface area (Å²) in [6, 6.07) is 2.03. The van der Waals surface area contributed by atoms with E-state index in [1.165, 1.54) is 0 Å². The Labute approximate surface area is 451 Å². The highest BCUT2D eigenvalue weighted by Gasteiger charge is 2.44. The summed E-state index contributed by atoms with van der Waals surface area (Å²) in [4.78, 5) is 9.01. The van der Waals surface area contributed by atoms with E-state index in [1.807, 2.05) is 69.2 Å². The highest BCUT2D eigenvalue weighted by Crippen LogP contribution is 2.34. The van der Waals surface area contributed by atoms with Crippen LogP contribution >= 0.6 is 0 Å². The molecule has 4 aliphatic rings. The molecule has 12 unspecified atom stereocenters. The Morgan fingerprint density at radius 1 is 0.351 bits per heavy atom. The van der Waals surface area contributed by atoms with E-state index in [0.29, 0.717) is 102 Å². The molecule has 0 aromatic rings. The monoisotopic (exact) mass is 1060 g/mol. The summed E-state index contributed by atoms with van der Waals surface area (Å²) in [6.45, 7) is 50.0. The average Bonchev–Trinajstić information content (AvgIpc) is 4.19. The maximum atomic E-state index is 11.2. The molecule has 0 aromatic heterocycles. The average molecular weight is 1060 g/mol. The molecule has 4 saturated heterocycles. The van der Waals surface area contributed by atoms with E-state index < -0.39 is 74.6 Å². The number of ether oxygens (including phenoxy) is 8. The first-order valence-electron chi connectivity index (χ1n) is 28.5. The zero-order chi connectivity index (χ0) is 55.9. The number of hydrogen-bond acceptors (Lipinski definition) is 16. The summed E-state index contributed by atoms with van der Waals surface area (Å²) in [5, 5.41) is 44.1. The predicted molar refractivity (Wildman–Crippen MR) is 294 cm³/mol. The highest BCUT2D eigenvalue weighted by molar-refractivity contribution is 4.94. The van der Waals surface area contributed by atoms with Crippen LogP contribution in [-0.2, 0) is 37.9 Å². The van der Waals surface area contributed by atoms with Crippen LogP contribution < -0.4 is 0 Å². The Hall–Kier alpha value is -0.640. The number of nitrogens with zero attached hydrogens (tertiary/aromatic N) is 4. The van der Waals surface area contributed by atoms with E-state index >= 15 is 0 Å². The molecule has 4 N–H and O–H groups in total. The van der Waals surface area contributed by atoms with Gasteiger partial charge in [0.1, 0.15) is 0 Å². The van der Waals surface area contributed by atoms with Crippen molar-refractivity contribution in [3.63, 3.8) is 0 Å². The Balaban J connectivity index is 1.52. The van der Waals surface area contributed by atoms with Gasteiger partial charge in [-0.15, -0.1) is 0 Å². The smallest absolute Gasteiger partial charge is 0.0951 e. The second kappa shape index (κ2) is 26.3. The van der Waals surface area contributed by atoms with Crippen molar-refractivity contribution in [3.8, 4) is 0 Å². The first kappa shape index (κ1) is 65.9. The van der Waals surface area contributed by atoms with Gasteiger partial charge in [-0.05, 0) is 158 Å². The lowest BCUT2D eigenvalue weighted by molar-refractivity contribution is -0.209. The van der Waals surface area contributed by atoms with E-state index in [4.69, 9.17) is 37.9 Å². The molecule has 4 fully saturated rings. The molecule has 4 aliphatic heterocycles. The first-order chi connectivity index (χ1) is 33.7. The van der Waals surface area contributed by atoms with Gasteiger partial charge in [0.15, 0.2) is 0 Å². The van der Waals surface area contributed by atoms with Gasteiger partial charge in [-0.2, -0.15) is 0 Å². The maximum absolute atomic E-state index is 11.2. The topological polar surface area (TPSA) is 167 Å². The van der Waals surface area contributed by atoms with E-state index in [9.17, 15) is 20.4 Å². The molecule has 74 heavy (non-hydrogen) atoms. The van der Waals surface area contributed by atoms with Crippen molar-refractivity contribution in [3.05, 3.63) is 0 Å². The molecule has 0 saturated carbocycles. The molecular weight excluding hydrogens is 945 g/mol. The molecule has 0 aromatic carbocycles. The molecule has 0 radical (unpaired) electrons. The molecule has 0 amide bonds. The minimum atomic E-state index is -0.835. The Bertz CT molecular complexity index is 1620. The summed E-state index contributed by atoms with van der Waals surface area (Å²) < 4.78 is 53.8. The van der Waals surface area contributed by atoms with E-state index in [2.05, 4.69) is 88.8 Å². The standard InChI is InChI=1S/C58H114N4O12/c1-42-29-59(42)33-46(63)27-53(11,12)67-24-21-50(5,6)70-38-58(41-73-55(15,16)37-74-57(19,20)49(66)36-62-32-45(62)4,40-72-52(9,10)23-26-69-56(17,18)48(65)35-61-31-44(61)3)39-71-51(7,8)22-25-68-54(13,14)28-47(64)34-60-30-43(60)2/h42-49,63-66H,21-41H2,1-20H3. The summed E-state index contributed by atoms with van der Waals surface area (Å²) >= 11 is 0. The van der Waals surface area contributed by atoms with Crippen LogP contribution in [0.1, 0.15) is 171 Å². The molecular formula is C58H114N4O12. The van der Waals surface area contributed by atoms with E-state index in [0.717, 1.165) is 26.2 Å². The van der Waals surface area contributed by atoms with E-state index in [-0.39, 0.29) is 33.0 Å². The van der Waals surface area contributed by atoms with Crippen LogP contribution in [0.2, 0.25) is 0 Å². The Morgan fingerprint density at radius 3 is 0.932 bits per heavy atom. The minimum Gasteiger partial charge on any atom is -0.392 e. The third-order valence-corrected chi connectivity index (χ3v) is 16.2. The van der Waals surface area contributed by atoms with Crippen molar-refractivity contribution < 1.29 is 58.3 Å².